The molecule has 0 atom stereocenters. The maximum absolute atomic E-state index is 7.88. The first-order chi connectivity index (χ1) is 6.91. The Morgan fingerprint density at radius 1 is 1.20 bits per heavy atom. The normalized spacial score (nSPS) is 12.6. The summed E-state index contributed by atoms with van der Waals surface area (Å²) in [5.41, 5.74) is 7.91. The second-order valence-corrected chi connectivity index (χ2v) is 4.63. The number of hydrogen-bond acceptors (Lipinski definition) is 2. The zero-order chi connectivity index (χ0) is 11.5. The van der Waals surface area contributed by atoms with Crippen LogP contribution in [0, 0.1) is 10.8 Å². The zero-order valence-corrected chi connectivity index (χ0v) is 9.54. The molecule has 0 aliphatic rings. The number of rotatable bonds is 2. The predicted octanol–water partition coefficient (Wildman–Crippen LogP) is 2.94. The second kappa shape index (κ2) is 4.30. The standard InChI is InChI=1S/C13H18N2/c1-13(2,3)12(15)9-11(14)10-7-5-4-6-8-10/h4-9,14H,15H2,1-3H3. The molecule has 0 radical (unpaired) electrons. The Bertz CT molecular complexity index is 369. The Kier molecular flexibility index (Phi) is 3.30. The first kappa shape index (κ1) is 11.5. The topological polar surface area (TPSA) is 49.9 Å². The number of benzene rings is 1. The molecule has 0 unspecified atom stereocenters. The zero-order valence-electron chi connectivity index (χ0n) is 9.54. The molecule has 0 aliphatic heterocycles. The average molecular weight is 202 g/mol. The van der Waals surface area contributed by atoms with Gasteiger partial charge in [-0.3, -0.25) is 0 Å². The molecule has 1 rings (SSSR count). The second-order valence-electron chi connectivity index (χ2n) is 4.63. The Morgan fingerprint density at radius 3 is 2.20 bits per heavy atom. The van der Waals surface area contributed by atoms with Gasteiger partial charge in [0.25, 0.3) is 0 Å². The quantitative estimate of drug-likeness (QED) is 0.712. The third kappa shape index (κ3) is 3.24. The average Bonchev–Trinajstić information content (AvgIpc) is 2.17. The fourth-order valence-corrected chi connectivity index (χ4v) is 1.07. The summed E-state index contributed by atoms with van der Waals surface area (Å²) >= 11 is 0. The molecule has 3 N–H and O–H groups in total. The van der Waals surface area contributed by atoms with Crippen LogP contribution < -0.4 is 5.73 Å². The van der Waals surface area contributed by atoms with Gasteiger partial charge in [0.2, 0.25) is 0 Å². The lowest BCUT2D eigenvalue weighted by Crippen LogP contribution is -2.18. The maximum atomic E-state index is 7.88. The predicted molar refractivity (Wildman–Crippen MR) is 65.0 cm³/mol. The van der Waals surface area contributed by atoms with Crippen molar-refractivity contribution in [1.82, 2.24) is 0 Å². The van der Waals surface area contributed by atoms with Gasteiger partial charge in [-0.05, 0) is 11.6 Å². The lowest BCUT2D eigenvalue weighted by molar-refractivity contribution is 0.498. The van der Waals surface area contributed by atoms with Crippen LogP contribution in [0.25, 0.3) is 0 Å². The maximum Gasteiger partial charge on any atom is 0.0629 e. The Morgan fingerprint density at radius 2 is 1.73 bits per heavy atom. The van der Waals surface area contributed by atoms with Gasteiger partial charge in [-0.2, -0.15) is 0 Å². The molecule has 0 aliphatic carbocycles. The van der Waals surface area contributed by atoms with Crippen molar-refractivity contribution >= 4 is 5.71 Å². The molecule has 0 fully saturated rings. The molecule has 0 spiro atoms. The first-order valence-corrected chi connectivity index (χ1v) is 5.03. The van der Waals surface area contributed by atoms with E-state index in [-0.39, 0.29) is 5.41 Å². The molecule has 1 aromatic rings. The molecule has 0 amide bonds. The number of allylic oxidation sites excluding steroid dienone is 2. The van der Waals surface area contributed by atoms with Gasteiger partial charge in [0.05, 0.1) is 5.71 Å². The van der Waals surface area contributed by atoms with Crippen molar-refractivity contribution in [2.75, 3.05) is 0 Å². The number of nitrogens with one attached hydrogen (secondary N) is 1. The molecule has 15 heavy (non-hydrogen) atoms. The van der Waals surface area contributed by atoms with Crippen molar-refractivity contribution in [2.24, 2.45) is 11.1 Å². The summed E-state index contributed by atoms with van der Waals surface area (Å²) in [6, 6.07) is 9.60. The molecule has 80 valence electrons. The van der Waals surface area contributed by atoms with E-state index < -0.39 is 0 Å². The molecular weight excluding hydrogens is 184 g/mol. The van der Waals surface area contributed by atoms with E-state index in [1.165, 1.54) is 0 Å². The summed E-state index contributed by atoms with van der Waals surface area (Å²) in [6.45, 7) is 6.12. The van der Waals surface area contributed by atoms with Crippen LogP contribution in [0.5, 0.6) is 0 Å². The van der Waals surface area contributed by atoms with Gasteiger partial charge < -0.3 is 11.1 Å². The van der Waals surface area contributed by atoms with E-state index in [2.05, 4.69) is 0 Å². The lowest BCUT2D eigenvalue weighted by Gasteiger charge is -2.19. The summed E-state index contributed by atoms with van der Waals surface area (Å²) in [5.74, 6) is 0. The first-order valence-electron chi connectivity index (χ1n) is 5.03. The highest BCUT2D eigenvalue weighted by Gasteiger charge is 2.14. The van der Waals surface area contributed by atoms with Gasteiger partial charge in [-0.1, -0.05) is 51.1 Å². The fourth-order valence-electron chi connectivity index (χ4n) is 1.07. The highest BCUT2D eigenvalue weighted by molar-refractivity contribution is 6.06. The molecule has 0 saturated carbocycles. The van der Waals surface area contributed by atoms with Crippen molar-refractivity contribution in [3.8, 4) is 0 Å². The van der Waals surface area contributed by atoms with Gasteiger partial charge in [0, 0.05) is 11.1 Å². The van der Waals surface area contributed by atoms with Crippen LogP contribution in [-0.4, -0.2) is 5.71 Å². The Labute approximate surface area is 91.3 Å². The highest BCUT2D eigenvalue weighted by atomic mass is 14.6. The van der Waals surface area contributed by atoms with Crippen molar-refractivity contribution in [1.29, 1.82) is 5.41 Å². The van der Waals surface area contributed by atoms with Crippen molar-refractivity contribution in [3.63, 3.8) is 0 Å². The van der Waals surface area contributed by atoms with E-state index in [4.69, 9.17) is 11.1 Å². The van der Waals surface area contributed by atoms with Crippen LogP contribution in [0.4, 0.5) is 0 Å². The van der Waals surface area contributed by atoms with Crippen molar-refractivity contribution < 1.29 is 0 Å². The summed E-state index contributed by atoms with van der Waals surface area (Å²) in [4.78, 5) is 0. The third-order valence-corrected chi connectivity index (χ3v) is 2.25. The molecule has 2 nitrogen and oxygen atoms in total. The number of nitrogens with two attached hydrogens (primary N) is 1. The SMILES string of the molecule is CC(C)(C)C(N)=CC(=N)c1ccccc1. The van der Waals surface area contributed by atoms with Gasteiger partial charge >= 0.3 is 0 Å². The van der Waals surface area contributed by atoms with E-state index in [1.807, 2.05) is 51.1 Å². The van der Waals surface area contributed by atoms with Crippen molar-refractivity contribution in [2.45, 2.75) is 20.8 Å². The fraction of sp³-hybridized carbons (Fsp3) is 0.308. The van der Waals surface area contributed by atoms with E-state index in [0.29, 0.717) is 5.71 Å². The van der Waals surface area contributed by atoms with Crippen LogP contribution in [0.3, 0.4) is 0 Å². The minimum atomic E-state index is -0.0823. The van der Waals surface area contributed by atoms with Gasteiger partial charge in [-0.15, -0.1) is 0 Å². The van der Waals surface area contributed by atoms with Crippen LogP contribution in [-0.2, 0) is 0 Å². The minimum absolute atomic E-state index is 0.0823. The summed E-state index contributed by atoms with van der Waals surface area (Å²) in [7, 11) is 0. The van der Waals surface area contributed by atoms with E-state index in [1.54, 1.807) is 6.08 Å². The van der Waals surface area contributed by atoms with E-state index >= 15 is 0 Å². The number of hydrogen-bond donors (Lipinski definition) is 2. The minimum Gasteiger partial charge on any atom is -0.402 e. The molecule has 0 heterocycles. The van der Waals surface area contributed by atoms with Crippen LogP contribution in [0.1, 0.15) is 26.3 Å². The van der Waals surface area contributed by atoms with E-state index in [9.17, 15) is 0 Å². The van der Waals surface area contributed by atoms with Gasteiger partial charge in [-0.25, -0.2) is 0 Å². The third-order valence-electron chi connectivity index (χ3n) is 2.25. The summed E-state index contributed by atoms with van der Waals surface area (Å²) in [5, 5.41) is 7.88. The summed E-state index contributed by atoms with van der Waals surface area (Å²) < 4.78 is 0. The molecule has 0 aromatic heterocycles. The molecule has 0 saturated heterocycles. The van der Waals surface area contributed by atoms with Gasteiger partial charge in [0.1, 0.15) is 0 Å². The Hall–Kier alpha value is -1.57. The van der Waals surface area contributed by atoms with Crippen LogP contribution in [0.15, 0.2) is 42.1 Å². The molecule has 1 aromatic carbocycles. The molecular formula is C13H18N2. The summed E-state index contributed by atoms with van der Waals surface area (Å²) in [6.07, 6.45) is 1.73. The Balaban J connectivity index is 2.90. The van der Waals surface area contributed by atoms with Crippen LogP contribution in [0.2, 0.25) is 0 Å². The van der Waals surface area contributed by atoms with Crippen molar-refractivity contribution in [3.05, 3.63) is 47.7 Å². The monoisotopic (exact) mass is 202 g/mol. The largest absolute Gasteiger partial charge is 0.402 e. The van der Waals surface area contributed by atoms with E-state index in [0.717, 1.165) is 11.3 Å². The smallest absolute Gasteiger partial charge is 0.0629 e. The lowest BCUT2D eigenvalue weighted by atomic mass is 9.91. The molecule has 2 heteroatoms. The van der Waals surface area contributed by atoms with Crippen LogP contribution >= 0.6 is 0 Å². The highest BCUT2D eigenvalue weighted by Crippen LogP contribution is 2.20. The van der Waals surface area contributed by atoms with Gasteiger partial charge in [0.15, 0.2) is 0 Å². The molecule has 0 bridgehead atoms.